The molecule has 29 heavy (non-hydrogen) atoms. The fourth-order valence-electron chi connectivity index (χ4n) is 2.67. The maximum Gasteiger partial charge on any atom is 0.230 e. The number of halogens is 2. The van der Waals surface area contributed by atoms with E-state index in [1.807, 2.05) is 6.07 Å². The van der Waals surface area contributed by atoms with Crippen LogP contribution < -0.4 is 15.2 Å². The normalized spacial score (nSPS) is 10.3. The van der Waals surface area contributed by atoms with Gasteiger partial charge in [-0.2, -0.15) is 5.26 Å². The molecule has 9 heteroatoms. The van der Waals surface area contributed by atoms with Crippen molar-refractivity contribution in [2.75, 3.05) is 20.0 Å². The van der Waals surface area contributed by atoms with Gasteiger partial charge in [0.15, 0.2) is 11.5 Å². The van der Waals surface area contributed by atoms with Crippen LogP contribution in [0, 0.1) is 11.3 Å². The first-order valence-corrected chi connectivity index (χ1v) is 8.95. The van der Waals surface area contributed by atoms with Gasteiger partial charge in [-0.3, -0.25) is 4.79 Å². The number of hydrogen-bond acceptors (Lipinski definition) is 7. The van der Waals surface area contributed by atoms with Crippen molar-refractivity contribution >= 4 is 34.8 Å². The molecular formula is C20H14Cl2N4O3. The van der Waals surface area contributed by atoms with Gasteiger partial charge < -0.3 is 15.2 Å². The van der Waals surface area contributed by atoms with Crippen LogP contribution in [0.2, 0.25) is 10.0 Å². The Bertz CT molecular complexity index is 1160. The third-order valence-electron chi connectivity index (χ3n) is 4.08. The number of methoxy groups -OCH3 is 2. The molecule has 1 aromatic heterocycles. The maximum atomic E-state index is 13.0. The Morgan fingerprint density at radius 2 is 1.79 bits per heavy atom. The minimum Gasteiger partial charge on any atom is -0.493 e. The van der Waals surface area contributed by atoms with Crippen molar-refractivity contribution < 1.29 is 14.3 Å². The summed E-state index contributed by atoms with van der Waals surface area (Å²) >= 11 is 12.2. The molecule has 2 aromatic carbocycles. The minimum absolute atomic E-state index is 0.0121. The summed E-state index contributed by atoms with van der Waals surface area (Å²) in [6, 6.07) is 11.3. The van der Waals surface area contributed by atoms with E-state index in [0.29, 0.717) is 22.1 Å². The summed E-state index contributed by atoms with van der Waals surface area (Å²) in [4.78, 5) is 21.3. The Morgan fingerprint density at radius 3 is 2.41 bits per heavy atom. The zero-order chi connectivity index (χ0) is 21.1. The second kappa shape index (κ2) is 8.35. The molecule has 0 unspecified atom stereocenters. The maximum absolute atomic E-state index is 13.0. The van der Waals surface area contributed by atoms with Gasteiger partial charge in [0.1, 0.15) is 17.5 Å². The van der Waals surface area contributed by atoms with E-state index in [9.17, 15) is 10.1 Å². The Labute approximate surface area is 176 Å². The van der Waals surface area contributed by atoms with E-state index in [1.54, 1.807) is 24.3 Å². The monoisotopic (exact) mass is 428 g/mol. The van der Waals surface area contributed by atoms with Gasteiger partial charge in [0.2, 0.25) is 11.6 Å². The highest BCUT2D eigenvalue weighted by molar-refractivity contribution is 6.36. The number of nitrogen functional groups attached to an aromatic ring is 1. The average molecular weight is 429 g/mol. The number of nitriles is 1. The van der Waals surface area contributed by atoms with Crippen molar-refractivity contribution in [3.63, 3.8) is 0 Å². The number of nitrogens with two attached hydrogens (primary N) is 1. The highest BCUT2D eigenvalue weighted by atomic mass is 35.5. The molecule has 146 valence electrons. The van der Waals surface area contributed by atoms with E-state index < -0.39 is 5.78 Å². The summed E-state index contributed by atoms with van der Waals surface area (Å²) < 4.78 is 10.4. The van der Waals surface area contributed by atoms with Gasteiger partial charge in [0.05, 0.1) is 24.9 Å². The van der Waals surface area contributed by atoms with Gasteiger partial charge in [-0.15, -0.1) is 0 Å². The first-order valence-electron chi connectivity index (χ1n) is 8.19. The van der Waals surface area contributed by atoms with E-state index in [1.165, 1.54) is 26.4 Å². The van der Waals surface area contributed by atoms with Gasteiger partial charge in [0, 0.05) is 16.1 Å². The van der Waals surface area contributed by atoms with Gasteiger partial charge in [-0.1, -0.05) is 23.2 Å². The first kappa shape index (κ1) is 20.4. The van der Waals surface area contributed by atoms with Crippen molar-refractivity contribution in [1.82, 2.24) is 9.97 Å². The standard InChI is InChI=1S/C20H14Cl2N4O3/c1-28-15-6-3-10(7-16(15)29-2)18(27)20-25-17(13(9-23)19(24)26-20)12-5-4-11(21)8-14(12)22/h3-8H,1-2H3,(H2,24,25,26). The summed E-state index contributed by atoms with van der Waals surface area (Å²) in [6.45, 7) is 0. The number of carbonyl (C=O) groups excluding carboxylic acids is 1. The van der Waals surface area contributed by atoms with Crippen molar-refractivity contribution in [2.45, 2.75) is 0 Å². The molecule has 0 aliphatic heterocycles. The number of ketones is 1. The van der Waals surface area contributed by atoms with Gasteiger partial charge >= 0.3 is 0 Å². The van der Waals surface area contributed by atoms with Crippen LogP contribution in [0.4, 0.5) is 5.82 Å². The predicted molar refractivity (Wildman–Crippen MR) is 110 cm³/mol. The largest absolute Gasteiger partial charge is 0.493 e. The highest BCUT2D eigenvalue weighted by Gasteiger charge is 2.22. The van der Waals surface area contributed by atoms with Crippen LogP contribution in [-0.4, -0.2) is 30.0 Å². The van der Waals surface area contributed by atoms with Crippen LogP contribution in [0.5, 0.6) is 11.5 Å². The lowest BCUT2D eigenvalue weighted by Crippen LogP contribution is -2.12. The van der Waals surface area contributed by atoms with Gasteiger partial charge in [-0.05, 0) is 36.4 Å². The Balaban J connectivity index is 2.15. The number of aromatic nitrogens is 2. The lowest BCUT2D eigenvalue weighted by molar-refractivity contribution is 0.102. The molecule has 7 nitrogen and oxygen atoms in total. The van der Waals surface area contributed by atoms with Crippen molar-refractivity contribution in [3.05, 3.63) is 63.4 Å². The number of benzene rings is 2. The zero-order valence-electron chi connectivity index (χ0n) is 15.4. The van der Waals surface area contributed by atoms with E-state index >= 15 is 0 Å². The molecule has 0 saturated carbocycles. The van der Waals surface area contributed by atoms with Gasteiger partial charge in [0.25, 0.3) is 0 Å². The van der Waals surface area contributed by atoms with Crippen LogP contribution in [0.25, 0.3) is 11.3 Å². The summed E-state index contributed by atoms with van der Waals surface area (Å²) in [7, 11) is 2.95. The van der Waals surface area contributed by atoms with Crippen LogP contribution in [0.3, 0.4) is 0 Å². The predicted octanol–water partition coefficient (Wildman–Crippen LogP) is 4.15. The number of nitrogens with zero attached hydrogens (tertiary/aromatic N) is 3. The molecule has 0 saturated heterocycles. The van der Waals surface area contributed by atoms with Crippen LogP contribution in [0.15, 0.2) is 36.4 Å². The second-order valence-corrected chi connectivity index (χ2v) is 6.63. The number of hydrogen-bond donors (Lipinski definition) is 1. The molecule has 3 rings (SSSR count). The molecule has 0 aliphatic carbocycles. The van der Waals surface area contributed by atoms with Crippen LogP contribution in [0.1, 0.15) is 21.7 Å². The molecule has 3 aromatic rings. The Hall–Kier alpha value is -3.34. The fraction of sp³-hybridized carbons (Fsp3) is 0.100. The molecule has 0 bridgehead atoms. The summed E-state index contributed by atoms with van der Waals surface area (Å²) in [5.74, 6) is 0.0226. The third kappa shape index (κ3) is 3.94. The number of carbonyl (C=O) groups is 1. The Kier molecular flexibility index (Phi) is 5.87. The molecule has 0 spiro atoms. The first-order chi connectivity index (χ1) is 13.9. The van der Waals surface area contributed by atoms with Gasteiger partial charge in [-0.25, -0.2) is 9.97 Å². The molecule has 0 radical (unpaired) electrons. The highest BCUT2D eigenvalue weighted by Crippen LogP contribution is 2.33. The van der Waals surface area contributed by atoms with Crippen molar-refractivity contribution in [1.29, 1.82) is 5.26 Å². The van der Waals surface area contributed by atoms with E-state index in [2.05, 4.69) is 9.97 Å². The smallest absolute Gasteiger partial charge is 0.230 e. The lowest BCUT2D eigenvalue weighted by Gasteiger charge is -2.11. The number of ether oxygens (including phenoxy) is 2. The fourth-order valence-corrected chi connectivity index (χ4v) is 3.17. The number of anilines is 1. The number of rotatable bonds is 5. The second-order valence-electron chi connectivity index (χ2n) is 5.79. The summed E-state index contributed by atoms with van der Waals surface area (Å²) in [6.07, 6.45) is 0. The molecular weight excluding hydrogens is 415 g/mol. The zero-order valence-corrected chi connectivity index (χ0v) is 16.9. The van der Waals surface area contributed by atoms with Crippen LogP contribution >= 0.6 is 23.2 Å². The van der Waals surface area contributed by atoms with E-state index in [0.717, 1.165) is 0 Å². The third-order valence-corrected chi connectivity index (χ3v) is 4.63. The average Bonchev–Trinajstić information content (AvgIpc) is 2.72. The van der Waals surface area contributed by atoms with Crippen molar-refractivity contribution in [3.8, 4) is 28.8 Å². The summed E-state index contributed by atoms with van der Waals surface area (Å²) in [5, 5.41) is 10.2. The molecule has 1 heterocycles. The topological polar surface area (TPSA) is 111 Å². The molecule has 0 aliphatic rings. The Morgan fingerprint density at radius 1 is 1.07 bits per heavy atom. The summed E-state index contributed by atoms with van der Waals surface area (Å²) in [5.41, 5.74) is 6.75. The molecule has 0 fully saturated rings. The molecule has 0 atom stereocenters. The van der Waals surface area contributed by atoms with Crippen LogP contribution in [-0.2, 0) is 0 Å². The van der Waals surface area contributed by atoms with E-state index in [-0.39, 0.29) is 33.5 Å². The van der Waals surface area contributed by atoms with Crippen molar-refractivity contribution in [2.24, 2.45) is 0 Å². The minimum atomic E-state index is -0.506. The molecule has 0 amide bonds. The SMILES string of the molecule is COc1ccc(C(=O)c2nc(N)c(C#N)c(-c3ccc(Cl)cc3Cl)n2)cc1OC. The van der Waals surface area contributed by atoms with E-state index in [4.69, 9.17) is 38.4 Å². The lowest BCUT2D eigenvalue weighted by atomic mass is 10.1. The molecule has 2 N–H and O–H groups in total. The quantitative estimate of drug-likeness (QED) is 0.607.